The third-order valence-electron chi connectivity index (χ3n) is 5.02. The molecule has 0 amide bonds. The van der Waals surface area contributed by atoms with Crippen molar-refractivity contribution in [1.29, 1.82) is 0 Å². The summed E-state index contributed by atoms with van der Waals surface area (Å²) in [4.78, 5) is 11.0. The number of hydrogen-bond acceptors (Lipinski definition) is 6. The van der Waals surface area contributed by atoms with E-state index in [2.05, 4.69) is 32.3 Å². The van der Waals surface area contributed by atoms with Crippen LogP contribution in [-0.4, -0.2) is 45.7 Å². The molecular formula is C19H22FN5O. The van der Waals surface area contributed by atoms with Crippen LogP contribution in [0.5, 0.6) is 0 Å². The third kappa shape index (κ3) is 3.39. The zero-order valence-corrected chi connectivity index (χ0v) is 14.8. The largest absolute Gasteiger partial charge is 0.368 e. The molecule has 1 aromatic carbocycles. The average Bonchev–Trinajstić information content (AvgIpc) is 3.09. The van der Waals surface area contributed by atoms with Crippen LogP contribution in [0.3, 0.4) is 0 Å². The van der Waals surface area contributed by atoms with Crippen molar-refractivity contribution in [2.75, 3.05) is 25.0 Å². The minimum atomic E-state index is -0.285. The molecule has 2 aromatic heterocycles. The number of hydrogen-bond donors (Lipinski definition) is 1. The first-order valence-electron chi connectivity index (χ1n) is 9.06. The van der Waals surface area contributed by atoms with Gasteiger partial charge >= 0.3 is 0 Å². The predicted molar refractivity (Wildman–Crippen MR) is 98.4 cm³/mol. The molecule has 7 heteroatoms. The Morgan fingerprint density at radius 1 is 1.23 bits per heavy atom. The van der Waals surface area contributed by atoms with Crippen molar-refractivity contribution >= 4 is 16.9 Å². The van der Waals surface area contributed by atoms with Crippen molar-refractivity contribution in [3.63, 3.8) is 0 Å². The maximum Gasteiger partial charge on any atom is 0.263 e. The molecule has 136 valence electrons. The monoisotopic (exact) mass is 355 g/mol. The van der Waals surface area contributed by atoms with Crippen LogP contribution in [0.4, 0.5) is 10.2 Å². The predicted octanol–water partition coefficient (Wildman–Crippen LogP) is 3.71. The lowest BCUT2D eigenvalue weighted by Crippen LogP contribution is -2.40. The Morgan fingerprint density at radius 3 is 2.88 bits per heavy atom. The number of fused-ring (bicyclic) bond motifs is 1. The van der Waals surface area contributed by atoms with Gasteiger partial charge in [-0.25, -0.2) is 9.37 Å². The smallest absolute Gasteiger partial charge is 0.263 e. The van der Waals surface area contributed by atoms with Gasteiger partial charge < -0.3 is 9.84 Å². The van der Waals surface area contributed by atoms with Crippen molar-refractivity contribution in [3.05, 3.63) is 36.4 Å². The summed E-state index contributed by atoms with van der Waals surface area (Å²) in [5.74, 6) is 0.409. The second-order valence-corrected chi connectivity index (χ2v) is 6.75. The summed E-state index contributed by atoms with van der Waals surface area (Å²) < 4.78 is 18.6. The normalized spacial score (nSPS) is 18.3. The second-order valence-electron chi connectivity index (χ2n) is 6.75. The maximum atomic E-state index is 13.2. The van der Waals surface area contributed by atoms with E-state index < -0.39 is 0 Å². The fraction of sp³-hybridized carbons (Fsp3) is 0.421. The van der Waals surface area contributed by atoms with E-state index in [1.807, 2.05) is 0 Å². The SMILES string of the molecule is C[C@H]1CCCCN1CCNc1ncnc2onc(-c3ccc(F)cc3)c12. The van der Waals surface area contributed by atoms with Crippen LogP contribution in [0, 0.1) is 5.82 Å². The molecule has 0 bridgehead atoms. The van der Waals surface area contributed by atoms with Gasteiger partial charge in [-0.15, -0.1) is 0 Å². The Kier molecular flexibility index (Phi) is 4.79. The number of rotatable bonds is 5. The lowest BCUT2D eigenvalue weighted by atomic mass is 10.0. The van der Waals surface area contributed by atoms with Gasteiger partial charge in [0, 0.05) is 24.7 Å². The molecule has 1 aliphatic rings. The Hall–Kier alpha value is -2.54. The van der Waals surface area contributed by atoms with E-state index in [0.717, 1.165) is 30.6 Å². The standard InChI is InChI=1S/C19H22FN5O/c1-13-4-2-3-10-25(13)11-9-21-18-16-17(14-5-7-15(20)8-6-14)24-26-19(16)23-12-22-18/h5-8,12-13H,2-4,9-11H2,1H3,(H,21,22,23)/t13-/m0/s1. The molecule has 6 nitrogen and oxygen atoms in total. The van der Waals surface area contributed by atoms with Gasteiger partial charge in [-0.2, -0.15) is 4.98 Å². The van der Waals surface area contributed by atoms with E-state index in [4.69, 9.17) is 4.52 Å². The van der Waals surface area contributed by atoms with Crippen molar-refractivity contribution in [2.24, 2.45) is 0 Å². The molecule has 4 rings (SSSR count). The molecule has 3 heterocycles. The Balaban J connectivity index is 1.55. The summed E-state index contributed by atoms with van der Waals surface area (Å²) in [6.45, 7) is 5.18. The van der Waals surface area contributed by atoms with E-state index >= 15 is 0 Å². The van der Waals surface area contributed by atoms with Crippen molar-refractivity contribution in [1.82, 2.24) is 20.0 Å². The number of nitrogens with zero attached hydrogens (tertiary/aromatic N) is 4. The van der Waals surface area contributed by atoms with E-state index in [0.29, 0.717) is 23.3 Å². The van der Waals surface area contributed by atoms with Gasteiger partial charge in [0.1, 0.15) is 29.0 Å². The number of benzene rings is 1. The first kappa shape index (κ1) is 16.9. The Morgan fingerprint density at radius 2 is 2.08 bits per heavy atom. The summed E-state index contributed by atoms with van der Waals surface area (Å²) in [5, 5.41) is 8.24. The molecule has 26 heavy (non-hydrogen) atoms. The highest BCUT2D eigenvalue weighted by Gasteiger charge is 2.19. The fourth-order valence-corrected chi connectivity index (χ4v) is 3.53. The van der Waals surface area contributed by atoms with Crippen LogP contribution < -0.4 is 5.32 Å². The summed E-state index contributed by atoms with van der Waals surface area (Å²) in [5.41, 5.74) is 1.82. The summed E-state index contributed by atoms with van der Waals surface area (Å²) >= 11 is 0. The fourth-order valence-electron chi connectivity index (χ4n) is 3.53. The number of anilines is 1. The molecule has 3 aromatic rings. The molecule has 0 unspecified atom stereocenters. The Labute approximate surface area is 151 Å². The van der Waals surface area contributed by atoms with E-state index in [-0.39, 0.29) is 5.82 Å². The highest BCUT2D eigenvalue weighted by molar-refractivity contribution is 5.97. The topological polar surface area (TPSA) is 67.1 Å². The van der Waals surface area contributed by atoms with Crippen molar-refractivity contribution in [2.45, 2.75) is 32.2 Å². The zero-order chi connectivity index (χ0) is 17.9. The molecular weight excluding hydrogens is 333 g/mol. The van der Waals surface area contributed by atoms with E-state index in [1.165, 1.54) is 37.7 Å². The number of nitrogens with one attached hydrogen (secondary N) is 1. The quantitative estimate of drug-likeness (QED) is 0.752. The van der Waals surface area contributed by atoms with Gasteiger partial charge in [-0.3, -0.25) is 4.90 Å². The summed E-state index contributed by atoms with van der Waals surface area (Å²) in [7, 11) is 0. The van der Waals surface area contributed by atoms with Crippen LogP contribution in [0.25, 0.3) is 22.4 Å². The molecule has 0 radical (unpaired) electrons. The third-order valence-corrected chi connectivity index (χ3v) is 5.02. The van der Waals surface area contributed by atoms with Gasteiger partial charge in [0.15, 0.2) is 0 Å². The maximum absolute atomic E-state index is 13.2. The first-order chi connectivity index (χ1) is 12.7. The zero-order valence-electron chi connectivity index (χ0n) is 14.8. The van der Waals surface area contributed by atoms with Gasteiger partial charge in [-0.1, -0.05) is 11.6 Å². The molecule has 1 fully saturated rings. The molecule has 0 saturated carbocycles. The number of piperidine rings is 1. The van der Waals surface area contributed by atoms with Crippen LogP contribution in [-0.2, 0) is 0 Å². The van der Waals surface area contributed by atoms with Gasteiger partial charge in [0.25, 0.3) is 5.71 Å². The molecule has 1 N–H and O–H groups in total. The minimum Gasteiger partial charge on any atom is -0.368 e. The van der Waals surface area contributed by atoms with Gasteiger partial charge in [0.05, 0.1) is 0 Å². The molecule has 1 saturated heterocycles. The minimum absolute atomic E-state index is 0.285. The molecule has 0 aliphatic carbocycles. The number of halogens is 1. The molecule has 1 aliphatic heterocycles. The molecule has 1 atom stereocenters. The van der Waals surface area contributed by atoms with Crippen molar-refractivity contribution in [3.8, 4) is 11.3 Å². The lowest BCUT2D eigenvalue weighted by molar-refractivity contribution is 0.167. The summed E-state index contributed by atoms with van der Waals surface area (Å²) in [6, 6.07) is 6.80. The highest BCUT2D eigenvalue weighted by Crippen LogP contribution is 2.31. The summed E-state index contributed by atoms with van der Waals surface area (Å²) in [6.07, 6.45) is 5.31. The van der Waals surface area contributed by atoms with Crippen LogP contribution >= 0.6 is 0 Å². The van der Waals surface area contributed by atoms with E-state index in [1.54, 1.807) is 12.1 Å². The number of likely N-dealkylation sites (tertiary alicyclic amines) is 1. The first-order valence-corrected chi connectivity index (χ1v) is 9.06. The van der Waals surface area contributed by atoms with Gasteiger partial charge in [-0.05, 0) is 50.6 Å². The second kappa shape index (κ2) is 7.37. The highest BCUT2D eigenvalue weighted by atomic mass is 19.1. The molecule has 0 spiro atoms. The van der Waals surface area contributed by atoms with Crippen LogP contribution in [0.15, 0.2) is 35.1 Å². The average molecular weight is 355 g/mol. The van der Waals surface area contributed by atoms with Crippen LogP contribution in [0.2, 0.25) is 0 Å². The lowest BCUT2D eigenvalue weighted by Gasteiger charge is -2.33. The van der Waals surface area contributed by atoms with Gasteiger partial charge in [0.2, 0.25) is 0 Å². The van der Waals surface area contributed by atoms with Crippen LogP contribution in [0.1, 0.15) is 26.2 Å². The Bertz CT molecular complexity index is 879. The number of aromatic nitrogens is 3. The van der Waals surface area contributed by atoms with Crippen molar-refractivity contribution < 1.29 is 8.91 Å². The van der Waals surface area contributed by atoms with E-state index in [9.17, 15) is 4.39 Å².